The molecule has 2 aromatic carbocycles. The van der Waals surface area contributed by atoms with Crippen molar-refractivity contribution in [2.45, 2.75) is 37.4 Å². The lowest BCUT2D eigenvalue weighted by Gasteiger charge is -2.40. The van der Waals surface area contributed by atoms with E-state index >= 15 is 0 Å². The number of halogens is 2. The van der Waals surface area contributed by atoms with Crippen LogP contribution >= 0.6 is 23.4 Å². The number of likely N-dealkylation sites (tertiary alicyclic amines) is 1. The second-order valence-corrected chi connectivity index (χ2v) is 11.8. The summed E-state index contributed by atoms with van der Waals surface area (Å²) in [5, 5.41) is 0.772. The summed E-state index contributed by atoms with van der Waals surface area (Å²) in [5.74, 6) is 1.00. The van der Waals surface area contributed by atoms with Crippen LogP contribution < -0.4 is 4.90 Å². The van der Waals surface area contributed by atoms with Gasteiger partial charge in [0.1, 0.15) is 16.8 Å². The molecule has 0 bridgehead atoms. The van der Waals surface area contributed by atoms with E-state index in [0.29, 0.717) is 47.2 Å². The Morgan fingerprint density at radius 1 is 1.00 bits per heavy atom. The van der Waals surface area contributed by atoms with Crippen LogP contribution in [-0.2, 0) is 11.2 Å². The first kappa shape index (κ1) is 28.4. The molecule has 1 atom stereocenters. The first-order valence-electron chi connectivity index (χ1n) is 13.7. The SMILES string of the molecule is CC1CN(c2cc(Cl)nc(SCC(=O)N3CCC(Cc4ccccc4)CC3)n2)CCN1C(=O)c1cccc(F)c1. The van der Waals surface area contributed by atoms with Gasteiger partial charge >= 0.3 is 0 Å². The zero-order valence-corrected chi connectivity index (χ0v) is 24.1. The molecule has 0 aliphatic carbocycles. The summed E-state index contributed by atoms with van der Waals surface area (Å²) < 4.78 is 13.6. The Morgan fingerprint density at radius 3 is 2.50 bits per heavy atom. The van der Waals surface area contributed by atoms with Crippen LogP contribution in [-0.4, -0.2) is 76.1 Å². The average Bonchev–Trinajstić information content (AvgIpc) is 2.96. The van der Waals surface area contributed by atoms with Gasteiger partial charge in [0.2, 0.25) is 5.91 Å². The highest BCUT2D eigenvalue weighted by atomic mass is 35.5. The maximum Gasteiger partial charge on any atom is 0.254 e. The van der Waals surface area contributed by atoms with Crippen molar-refractivity contribution in [3.63, 3.8) is 0 Å². The lowest BCUT2D eigenvalue weighted by Crippen LogP contribution is -2.54. The number of hydrogen-bond acceptors (Lipinski definition) is 6. The molecule has 2 fully saturated rings. The number of anilines is 1. The molecule has 3 aromatic rings. The van der Waals surface area contributed by atoms with E-state index in [-0.39, 0.29) is 23.6 Å². The van der Waals surface area contributed by atoms with Crippen molar-refractivity contribution < 1.29 is 14.0 Å². The summed E-state index contributed by atoms with van der Waals surface area (Å²) >= 11 is 7.64. The van der Waals surface area contributed by atoms with Gasteiger partial charge in [-0.2, -0.15) is 0 Å². The molecule has 3 heterocycles. The predicted octanol–water partition coefficient (Wildman–Crippen LogP) is 5.19. The van der Waals surface area contributed by atoms with E-state index in [1.807, 2.05) is 17.9 Å². The lowest BCUT2D eigenvalue weighted by atomic mass is 9.90. The Bertz CT molecular complexity index is 1340. The molecule has 0 N–H and O–H groups in total. The minimum Gasteiger partial charge on any atom is -0.353 e. The molecule has 0 spiro atoms. The van der Waals surface area contributed by atoms with Gasteiger partial charge in [0, 0.05) is 50.4 Å². The Hall–Kier alpha value is -3.17. The highest BCUT2D eigenvalue weighted by Crippen LogP contribution is 2.26. The number of piperidine rings is 1. The van der Waals surface area contributed by atoms with Crippen LogP contribution in [0.3, 0.4) is 0 Å². The smallest absolute Gasteiger partial charge is 0.254 e. The number of nitrogens with zero attached hydrogens (tertiary/aromatic N) is 5. The molecule has 210 valence electrons. The van der Waals surface area contributed by atoms with Crippen molar-refractivity contribution in [2.75, 3.05) is 43.4 Å². The number of rotatable bonds is 7. The van der Waals surface area contributed by atoms with Gasteiger partial charge in [-0.1, -0.05) is 59.8 Å². The molecule has 2 saturated heterocycles. The molecule has 7 nitrogen and oxygen atoms in total. The largest absolute Gasteiger partial charge is 0.353 e. The molecule has 5 rings (SSSR count). The van der Waals surface area contributed by atoms with E-state index < -0.39 is 5.82 Å². The van der Waals surface area contributed by atoms with Gasteiger partial charge in [-0.3, -0.25) is 9.59 Å². The molecule has 1 unspecified atom stereocenters. The monoisotopic (exact) mass is 581 g/mol. The van der Waals surface area contributed by atoms with E-state index in [1.54, 1.807) is 23.1 Å². The Morgan fingerprint density at radius 2 is 1.77 bits per heavy atom. The van der Waals surface area contributed by atoms with Crippen LogP contribution in [0.1, 0.15) is 35.7 Å². The van der Waals surface area contributed by atoms with Gasteiger partial charge in [-0.25, -0.2) is 14.4 Å². The number of thioether (sulfide) groups is 1. The minimum absolute atomic E-state index is 0.0892. The normalized spacial score (nSPS) is 18.2. The second kappa shape index (κ2) is 13.0. The van der Waals surface area contributed by atoms with Crippen molar-refractivity contribution in [1.82, 2.24) is 19.8 Å². The van der Waals surface area contributed by atoms with E-state index in [2.05, 4.69) is 39.1 Å². The quantitative estimate of drug-likeness (QED) is 0.217. The van der Waals surface area contributed by atoms with Gasteiger partial charge in [0.15, 0.2) is 5.16 Å². The zero-order valence-electron chi connectivity index (χ0n) is 22.5. The molecular weight excluding hydrogens is 549 g/mol. The van der Waals surface area contributed by atoms with E-state index in [4.69, 9.17) is 11.6 Å². The van der Waals surface area contributed by atoms with Gasteiger partial charge in [-0.05, 0) is 55.9 Å². The fourth-order valence-corrected chi connectivity index (χ4v) is 6.40. The fraction of sp³-hybridized carbons (Fsp3) is 0.400. The molecule has 10 heteroatoms. The number of amides is 2. The van der Waals surface area contributed by atoms with Crippen molar-refractivity contribution in [3.8, 4) is 0 Å². The molecule has 2 aliphatic heterocycles. The van der Waals surface area contributed by atoms with Crippen molar-refractivity contribution >= 4 is 41.0 Å². The number of benzene rings is 2. The van der Waals surface area contributed by atoms with E-state index in [1.165, 1.54) is 29.5 Å². The van der Waals surface area contributed by atoms with Crippen LogP contribution in [0.15, 0.2) is 65.8 Å². The molecule has 1 aromatic heterocycles. The van der Waals surface area contributed by atoms with Crippen molar-refractivity contribution in [1.29, 1.82) is 0 Å². The summed E-state index contributed by atoms with van der Waals surface area (Å²) in [7, 11) is 0. The molecule has 40 heavy (non-hydrogen) atoms. The first-order valence-corrected chi connectivity index (χ1v) is 15.0. The molecule has 0 radical (unpaired) electrons. The summed E-state index contributed by atoms with van der Waals surface area (Å²) in [6.07, 6.45) is 3.08. The first-order chi connectivity index (χ1) is 19.4. The van der Waals surface area contributed by atoms with Crippen LogP contribution in [0.4, 0.5) is 10.2 Å². The number of aromatic nitrogens is 2. The molecular formula is C30H33ClFN5O2S. The standard InChI is InChI=1S/C30H33ClFN5O2S/c1-21-19-36(14-15-37(21)29(39)24-8-5-9-25(32)17-24)27-18-26(31)33-30(34-27)40-20-28(38)35-12-10-23(11-13-35)16-22-6-3-2-4-7-22/h2-9,17-18,21,23H,10-16,19-20H2,1H3. The highest BCUT2D eigenvalue weighted by molar-refractivity contribution is 7.99. The maximum absolute atomic E-state index is 13.6. The van der Waals surface area contributed by atoms with Crippen molar-refractivity contribution in [3.05, 3.63) is 82.8 Å². The van der Waals surface area contributed by atoms with Gasteiger partial charge in [0.05, 0.1) is 5.75 Å². The number of carbonyl (C=O) groups excluding carboxylic acids is 2. The van der Waals surface area contributed by atoms with E-state index in [9.17, 15) is 14.0 Å². The van der Waals surface area contributed by atoms with Crippen LogP contribution in [0, 0.1) is 11.7 Å². The molecule has 2 amide bonds. The Balaban J connectivity index is 1.13. The number of carbonyl (C=O) groups is 2. The lowest BCUT2D eigenvalue weighted by molar-refractivity contribution is -0.129. The second-order valence-electron chi connectivity index (χ2n) is 10.4. The van der Waals surface area contributed by atoms with Crippen LogP contribution in [0.25, 0.3) is 0 Å². The van der Waals surface area contributed by atoms with E-state index in [0.717, 1.165) is 32.4 Å². The third-order valence-electron chi connectivity index (χ3n) is 7.60. The van der Waals surface area contributed by atoms with Gasteiger partial charge < -0.3 is 14.7 Å². The maximum atomic E-state index is 13.6. The number of piperazine rings is 1. The molecule has 2 aliphatic rings. The summed E-state index contributed by atoms with van der Waals surface area (Å²) in [6.45, 7) is 5.09. The van der Waals surface area contributed by atoms with Gasteiger partial charge in [-0.15, -0.1) is 0 Å². The topological polar surface area (TPSA) is 69.6 Å². The predicted molar refractivity (Wildman–Crippen MR) is 156 cm³/mol. The minimum atomic E-state index is -0.427. The van der Waals surface area contributed by atoms with Crippen LogP contribution in [0.5, 0.6) is 0 Å². The van der Waals surface area contributed by atoms with Crippen LogP contribution in [0.2, 0.25) is 5.15 Å². The molecule has 0 saturated carbocycles. The number of hydrogen-bond donors (Lipinski definition) is 0. The summed E-state index contributed by atoms with van der Waals surface area (Å²) in [4.78, 5) is 40.7. The van der Waals surface area contributed by atoms with Gasteiger partial charge in [0.25, 0.3) is 5.91 Å². The average molecular weight is 582 g/mol. The Labute approximate surface area is 243 Å². The Kier molecular flexibility index (Phi) is 9.22. The van der Waals surface area contributed by atoms with Crippen molar-refractivity contribution in [2.24, 2.45) is 5.92 Å². The third kappa shape index (κ3) is 7.12. The third-order valence-corrected chi connectivity index (χ3v) is 8.63. The zero-order chi connectivity index (χ0) is 28.1. The summed E-state index contributed by atoms with van der Waals surface area (Å²) in [5.41, 5.74) is 1.69. The fourth-order valence-electron chi connectivity index (χ4n) is 5.42. The summed E-state index contributed by atoms with van der Waals surface area (Å²) in [6, 6.07) is 17.9. The highest BCUT2D eigenvalue weighted by Gasteiger charge is 2.29.